The highest BCUT2D eigenvalue weighted by atomic mass is 16.5. The van der Waals surface area contributed by atoms with Crippen molar-refractivity contribution in [2.75, 3.05) is 13.2 Å². The maximum Gasteiger partial charge on any atom is 0.246 e. The van der Waals surface area contributed by atoms with Crippen LogP contribution in [0, 0.1) is 0 Å². The van der Waals surface area contributed by atoms with Gasteiger partial charge in [0.2, 0.25) is 5.91 Å². The van der Waals surface area contributed by atoms with Crippen LogP contribution in [0.5, 0.6) is 0 Å². The Kier molecular flexibility index (Phi) is 4.98. The third-order valence-electron chi connectivity index (χ3n) is 2.07. The molecule has 0 aliphatic carbocycles. The van der Waals surface area contributed by atoms with E-state index >= 15 is 0 Å². The van der Waals surface area contributed by atoms with E-state index < -0.39 is 0 Å². The Morgan fingerprint density at radius 1 is 1.62 bits per heavy atom. The van der Waals surface area contributed by atoms with E-state index in [9.17, 15) is 4.79 Å². The molecule has 1 aromatic heterocycles. The van der Waals surface area contributed by atoms with Crippen molar-refractivity contribution in [3.05, 3.63) is 17.5 Å². The lowest BCUT2D eigenvalue weighted by molar-refractivity contribution is -0.125. The van der Waals surface area contributed by atoms with Crippen molar-refractivity contribution in [2.45, 2.75) is 33.2 Å². The number of carbonyl (C=O) groups is 1. The van der Waals surface area contributed by atoms with Crippen LogP contribution in [-0.2, 0) is 16.1 Å². The maximum absolute atomic E-state index is 11.2. The fourth-order valence-electron chi connectivity index (χ4n) is 1.12. The van der Waals surface area contributed by atoms with E-state index in [0.29, 0.717) is 24.8 Å². The molecule has 16 heavy (non-hydrogen) atoms. The summed E-state index contributed by atoms with van der Waals surface area (Å²) in [6.07, 6.45) is 0. The summed E-state index contributed by atoms with van der Waals surface area (Å²) in [5.74, 6) is 0.842. The molecule has 0 unspecified atom stereocenters. The molecule has 0 saturated heterocycles. The van der Waals surface area contributed by atoms with Crippen LogP contribution in [0.15, 0.2) is 10.6 Å². The molecule has 5 nitrogen and oxygen atoms in total. The van der Waals surface area contributed by atoms with Gasteiger partial charge in [0.15, 0.2) is 5.76 Å². The van der Waals surface area contributed by atoms with Gasteiger partial charge in [0.1, 0.15) is 6.61 Å². The van der Waals surface area contributed by atoms with Crippen molar-refractivity contribution in [1.82, 2.24) is 10.5 Å². The van der Waals surface area contributed by atoms with E-state index in [4.69, 9.17) is 9.26 Å². The van der Waals surface area contributed by atoms with Gasteiger partial charge < -0.3 is 14.6 Å². The Bertz CT molecular complexity index is 334. The van der Waals surface area contributed by atoms with E-state index in [0.717, 1.165) is 5.69 Å². The summed E-state index contributed by atoms with van der Waals surface area (Å²) < 4.78 is 10.0. The smallest absolute Gasteiger partial charge is 0.246 e. The summed E-state index contributed by atoms with van der Waals surface area (Å²) in [5.41, 5.74) is 0.897. The summed E-state index contributed by atoms with van der Waals surface area (Å²) in [6, 6.07) is 1.85. The number of nitrogens with one attached hydrogen (secondary N) is 1. The van der Waals surface area contributed by atoms with E-state index in [1.54, 1.807) is 0 Å². The summed E-state index contributed by atoms with van der Waals surface area (Å²) in [6.45, 7) is 6.89. The van der Waals surface area contributed by atoms with Crippen LogP contribution in [0.25, 0.3) is 0 Å². The highest BCUT2D eigenvalue weighted by Crippen LogP contribution is 2.13. The van der Waals surface area contributed by atoms with Crippen molar-refractivity contribution >= 4 is 5.91 Å². The Morgan fingerprint density at radius 3 is 2.94 bits per heavy atom. The molecular formula is C11H18N2O3. The van der Waals surface area contributed by atoms with Gasteiger partial charge in [-0.05, 0) is 12.8 Å². The SMILES string of the molecule is CCOCC(=O)NCc1cc(C(C)C)no1. The fraction of sp³-hybridized carbons (Fsp3) is 0.636. The zero-order valence-corrected chi connectivity index (χ0v) is 9.95. The molecule has 0 aromatic carbocycles. The highest BCUT2D eigenvalue weighted by Gasteiger charge is 2.08. The Balaban J connectivity index is 2.33. The minimum atomic E-state index is -0.149. The Hall–Kier alpha value is -1.36. The average Bonchev–Trinajstić information content (AvgIpc) is 2.72. The van der Waals surface area contributed by atoms with Crippen molar-refractivity contribution in [2.24, 2.45) is 0 Å². The van der Waals surface area contributed by atoms with Gasteiger partial charge in [-0.15, -0.1) is 0 Å². The predicted molar refractivity (Wildman–Crippen MR) is 58.9 cm³/mol. The van der Waals surface area contributed by atoms with Crippen molar-refractivity contribution in [3.8, 4) is 0 Å². The van der Waals surface area contributed by atoms with E-state index in [2.05, 4.69) is 10.5 Å². The zero-order valence-electron chi connectivity index (χ0n) is 9.95. The molecule has 1 heterocycles. The number of hydrogen-bond acceptors (Lipinski definition) is 4. The Morgan fingerprint density at radius 2 is 2.38 bits per heavy atom. The predicted octanol–water partition coefficient (Wildman–Crippen LogP) is 1.45. The van der Waals surface area contributed by atoms with E-state index in [-0.39, 0.29) is 12.5 Å². The van der Waals surface area contributed by atoms with Gasteiger partial charge in [0.05, 0.1) is 12.2 Å². The summed E-state index contributed by atoms with van der Waals surface area (Å²) in [5, 5.41) is 6.59. The van der Waals surface area contributed by atoms with Crippen LogP contribution in [-0.4, -0.2) is 24.3 Å². The number of ether oxygens (including phenoxy) is 1. The number of rotatable bonds is 6. The first kappa shape index (κ1) is 12.7. The van der Waals surface area contributed by atoms with Crippen molar-refractivity contribution < 1.29 is 14.1 Å². The molecule has 5 heteroatoms. The van der Waals surface area contributed by atoms with Crippen LogP contribution in [0.2, 0.25) is 0 Å². The second-order valence-electron chi connectivity index (χ2n) is 3.79. The molecule has 0 aliphatic heterocycles. The molecule has 0 saturated carbocycles. The first-order valence-electron chi connectivity index (χ1n) is 5.43. The van der Waals surface area contributed by atoms with Crippen LogP contribution in [0.3, 0.4) is 0 Å². The first-order chi connectivity index (χ1) is 7.63. The average molecular weight is 226 g/mol. The lowest BCUT2D eigenvalue weighted by Crippen LogP contribution is -2.26. The fourth-order valence-corrected chi connectivity index (χ4v) is 1.12. The molecule has 0 aliphatic rings. The lowest BCUT2D eigenvalue weighted by Gasteiger charge is -2.01. The molecule has 1 rings (SSSR count). The minimum Gasteiger partial charge on any atom is -0.372 e. The lowest BCUT2D eigenvalue weighted by atomic mass is 10.1. The van der Waals surface area contributed by atoms with Crippen LogP contribution in [0.1, 0.15) is 38.1 Å². The maximum atomic E-state index is 11.2. The standard InChI is InChI=1S/C11H18N2O3/c1-4-15-7-11(14)12-6-9-5-10(8(2)3)13-16-9/h5,8H,4,6-7H2,1-3H3,(H,12,14). The molecule has 0 bridgehead atoms. The summed E-state index contributed by atoms with van der Waals surface area (Å²) in [7, 11) is 0. The zero-order chi connectivity index (χ0) is 12.0. The molecule has 1 N–H and O–H groups in total. The summed E-state index contributed by atoms with van der Waals surface area (Å²) >= 11 is 0. The normalized spacial score (nSPS) is 10.8. The number of hydrogen-bond donors (Lipinski definition) is 1. The van der Waals surface area contributed by atoms with Gasteiger partial charge in [0.25, 0.3) is 0 Å². The van der Waals surface area contributed by atoms with Crippen LogP contribution >= 0.6 is 0 Å². The molecule has 0 radical (unpaired) electrons. The summed E-state index contributed by atoms with van der Waals surface area (Å²) in [4.78, 5) is 11.2. The molecule has 0 atom stereocenters. The topological polar surface area (TPSA) is 64.4 Å². The van der Waals surface area contributed by atoms with Gasteiger partial charge in [-0.1, -0.05) is 19.0 Å². The van der Waals surface area contributed by atoms with E-state index in [1.165, 1.54) is 0 Å². The third-order valence-corrected chi connectivity index (χ3v) is 2.07. The van der Waals surface area contributed by atoms with Gasteiger partial charge >= 0.3 is 0 Å². The van der Waals surface area contributed by atoms with Gasteiger partial charge in [-0.3, -0.25) is 4.79 Å². The van der Waals surface area contributed by atoms with Crippen molar-refractivity contribution in [3.63, 3.8) is 0 Å². The van der Waals surface area contributed by atoms with E-state index in [1.807, 2.05) is 26.8 Å². The number of nitrogens with zero attached hydrogens (tertiary/aromatic N) is 1. The third kappa shape index (κ3) is 4.02. The molecule has 1 aromatic rings. The van der Waals surface area contributed by atoms with Gasteiger partial charge in [-0.25, -0.2) is 0 Å². The minimum absolute atomic E-state index is 0.0850. The highest BCUT2D eigenvalue weighted by molar-refractivity contribution is 5.77. The molecule has 0 fully saturated rings. The molecule has 90 valence electrons. The molecular weight excluding hydrogens is 208 g/mol. The van der Waals surface area contributed by atoms with Crippen molar-refractivity contribution in [1.29, 1.82) is 0 Å². The van der Waals surface area contributed by atoms with Crippen LogP contribution in [0.4, 0.5) is 0 Å². The number of carbonyl (C=O) groups excluding carboxylic acids is 1. The second kappa shape index (κ2) is 6.27. The monoisotopic (exact) mass is 226 g/mol. The quantitative estimate of drug-likeness (QED) is 0.797. The van der Waals surface area contributed by atoms with Gasteiger partial charge in [-0.2, -0.15) is 0 Å². The molecule has 0 spiro atoms. The number of amides is 1. The van der Waals surface area contributed by atoms with Crippen LogP contribution < -0.4 is 5.32 Å². The second-order valence-corrected chi connectivity index (χ2v) is 3.79. The largest absolute Gasteiger partial charge is 0.372 e. The van der Waals surface area contributed by atoms with Gasteiger partial charge in [0, 0.05) is 12.7 Å². The molecule has 1 amide bonds. The number of aromatic nitrogens is 1. The first-order valence-corrected chi connectivity index (χ1v) is 5.43. The Labute approximate surface area is 95.1 Å².